The van der Waals surface area contributed by atoms with Crippen LogP contribution in [0.5, 0.6) is 0 Å². The molecule has 0 saturated carbocycles. The highest BCUT2D eigenvalue weighted by atomic mass is 32.2. The van der Waals surface area contributed by atoms with Crippen molar-refractivity contribution < 1.29 is 13.2 Å². The van der Waals surface area contributed by atoms with Crippen molar-refractivity contribution in [3.05, 3.63) is 29.6 Å². The third kappa shape index (κ3) is 4.52. The molecule has 0 amide bonds. The SMILES string of the molecule is CO[C@@H](C)CS(=O)(=O)N(CC(C)C)[C@H]1CCCc2cccnc21. The first-order chi connectivity index (χ1) is 10.8. The maximum Gasteiger partial charge on any atom is 0.217 e. The first-order valence-electron chi connectivity index (χ1n) is 8.31. The van der Waals surface area contributed by atoms with Gasteiger partial charge >= 0.3 is 0 Å². The van der Waals surface area contributed by atoms with Gasteiger partial charge in [0.05, 0.1) is 23.6 Å². The van der Waals surface area contributed by atoms with Crippen LogP contribution in [0.1, 0.15) is 50.9 Å². The lowest BCUT2D eigenvalue weighted by molar-refractivity contribution is 0.133. The number of hydrogen-bond acceptors (Lipinski definition) is 4. The topological polar surface area (TPSA) is 59.5 Å². The lowest BCUT2D eigenvalue weighted by Crippen LogP contribution is -2.42. The Morgan fingerprint density at radius 3 is 2.78 bits per heavy atom. The van der Waals surface area contributed by atoms with Gasteiger partial charge in [0.15, 0.2) is 0 Å². The van der Waals surface area contributed by atoms with Crippen molar-refractivity contribution in [1.82, 2.24) is 9.29 Å². The molecule has 0 fully saturated rings. The number of ether oxygens (including phenoxy) is 1. The fraction of sp³-hybridized carbons (Fsp3) is 0.706. The van der Waals surface area contributed by atoms with Crippen LogP contribution in [0.15, 0.2) is 18.3 Å². The molecule has 2 atom stereocenters. The number of nitrogens with zero attached hydrogens (tertiary/aromatic N) is 2. The third-order valence-electron chi connectivity index (χ3n) is 4.26. The summed E-state index contributed by atoms with van der Waals surface area (Å²) in [6.45, 7) is 6.40. The molecule has 0 saturated heterocycles. The van der Waals surface area contributed by atoms with E-state index >= 15 is 0 Å². The van der Waals surface area contributed by atoms with Crippen molar-refractivity contribution in [2.75, 3.05) is 19.4 Å². The van der Waals surface area contributed by atoms with E-state index in [9.17, 15) is 8.42 Å². The van der Waals surface area contributed by atoms with Crippen molar-refractivity contribution in [1.29, 1.82) is 0 Å². The Morgan fingerprint density at radius 1 is 1.39 bits per heavy atom. The maximum absolute atomic E-state index is 13.0. The zero-order chi connectivity index (χ0) is 17.0. The number of pyridine rings is 1. The molecule has 5 nitrogen and oxygen atoms in total. The number of aromatic nitrogens is 1. The van der Waals surface area contributed by atoms with Gasteiger partial charge in [-0.25, -0.2) is 8.42 Å². The van der Waals surface area contributed by atoms with E-state index in [0.717, 1.165) is 25.0 Å². The Kier molecular flexibility index (Phi) is 6.17. The predicted molar refractivity (Wildman–Crippen MR) is 91.7 cm³/mol. The van der Waals surface area contributed by atoms with E-state index in [1.54, 1.807) is 24.5 Å². The molecule has 0 unspecified atom stereocenters. The highest BCUT2D eigenvalue weighted by molar-refractivity contribution is 7.89. The molecule has 130 valence electrons. The van der Waals surface area contributed by atoms with Gasteiger partial charge in [0, 0.05) is 19.9 Å². The van der Waals surface area contributed by atoms with Crippen molar-refractivity contribution in [2.24, 2.45) is 5.92 Å². The first-order valence-corrected chi connectivity index (χ1v) is 9.92. The Labute approximate surface area is 140 Å². The summed E-state index contributed by atoms with van der Waals surface area (Å²) in [4.78, 5) is 4.50. The third-order valence-corrected chi connectivity index (χ3v) is 6.27. The molecule has 0 N–H and O–H groups in total. The fourth-order valence-corrected chi connectivity index (χ4v) is 5.16. The molecule has 1 aromatic heterocycles. The van der Waals surface area contributed by atoms with E-state index in [-0.39, 0.29) is 23.8 Å². The molecule has 0 aliphatic heterocycles. The Bertz CT molecular complexity index is 616. The molecule has 23 heavy (non-hydrogen) atoms. The van der Waals surface area contributed by atoms with Crippen molar-refractivity contribution >= 4 is 10.0 Å². The van der Waals surface area contributed by atoms with Crippen LogP contribution in [0.25, 0.3) is 0 Å². The van der Waals surface area contributed by atoms with E-state index in [0.29, 0.717) is 6.54 Å². The lowest BCUT2D eigenvalue weighted by atomic mass is 9.91. The average Bonchev–Trinajstić information content (AvgIpc) is 2.51. The van der Waals surface area contributed by atoms with Gasteiger partial charge in [-0.3, -0.25) is 4.98 Å². The Balaban J connectivity index is 2.36. The molecule has 1 aromatic rings. The number of sulfonamides is 1. The average molecular weight is 340 g/mol. The molecule has 1 heterocycles. The monoisotopic (exact) mass is 340 g/mol. The normalized spacial score (nSPS) is 19.8. The molecule has 2 rings (SSSR count). The lowest BCUT2D eigenvalue weighted by Gasteiger charge is -2.35. The molecular formula is C17H28N2O3S. The predicted octanol–water partition coefficient (Wildman–Crippen LogP) is 2.78. The fourth-order valence-electron chi connectivity index (χ4n) is 3.12. The molecule has 1 aliphatic carbocycles. The second-order valence-electron chi connectivity index (χ2n) is 6.74. The van der Waals surface area contributed by atoms with Gasteiger partial charge in [-0.1, -0.05) is 19.9 Å². The van der Waals surface area contributed by atoms with Crippen LogP contribution < -0.4 is 0 Å². The molecule has 0 spiro atoms. The number of hydrogen-bond donors (Lipinski definition) is 0. The number of rotatable bonds is 7. The summed E-state index contributed by atoms with van der Waals surface area (Å²) in [5.74, 6) is 0.270. The number of aryl methyl sites for hydroxylation is 1. The first kappa shape index (κ1) is 18.4. The van der Waals surface area contributed by atoms with Crippen LogP contribution in [0.3, 0.4) is 0 Å². The molecule has 0 aromatic carbocycles. The van der Waals surface area contributed by atoms with Gasteiger partial charge in [-0.05, 0) is 43.7 Å². The van der Waals surface area contributed by atoms with Crippen molar-refractivity contribution in [2.45, 2.75) is 52.2 Å². The number of methoxy groups -OCH3 is 1. The minimum absolute atomic E-state index is 0.00882. The summed E-state index contributed by atoms with van der Waals surface area (Å²) in [6.07, 6.45) is 4.24. The van der Waals surface area contributed by atoms with Gasteiger partial charge in [0.25, 0.3) is 0 Å². The van der Waals surface area contributed by atoms with Gasteiger partial charge < -0.3 is 4.74 Å². The summed E-state index contributed by atoms with van der Waals surface area (Å²) >= 11 is 0. The van der Waals surface area contributed by atoms with Crippen molar-refractivity contribution in [3.8, 4) is 0 Å². The quantitative estimate of drug-likeness (QED) is 0.766. The number of fused-ring (bicyclic) bond motifs is 1. The van der Waals surface area contributed by atoms with E-state index in [2.05, 4.69) is 11.1 Å². The molecule has 1 aliphatic rings. The maximum atomic E-state index is 13.0. The zero-order valence-electron chi connectivity index (χ0n) is 14.5. The minimum atomic E-state index is -3.40. The van der Waals surface area contributed by atoms with Crippen molar-refractivity contribution in [3.63, 3.8) is 0 Å². The molecule has 6 heteroatoms. The summed E-state index contributed by atoms with van der Waals surface area (Å²) < 4.78 is 32.8. The van der Waals surface area contributed by atoms with Crippen LogP contribution in [0, 0.1) is 5.92 Å². The largest absolute Gasteiger partial charge is 0.381 e. The van der Waals surface area contributed by atoms with Crippen LogP contribution in [0.4, 0.5) is 0 Å². The second kappa shape index (κ2) is 7.73. The second-order valence-corrected chi connectivity index (χ2v) is 8.71. The zero-order valence-corrected chi connectivity index (χ0v) is 15.3. The Hall–Kier alpha value is -0.980. The minimum Gasteiger partial charge on any atom is -0.381 e. The summed E-state index contributed by atoms with van der Waals surface area (Å²) in [6, 6.07) is 3.83. The van der Waals surface area contributed by atoms with Crippen LogP contribution >= 0.6 is 0 Å². The molecule has 0 radical (unpaired) electrons. The highest BCUT2D eigenvalue weighted by Gasteiger charge is 2.35. The van der Waals surface area contributed by atoms with Crippen LogP contribution in [0.2, 0.25) is 0 Å². The van der Waals surface area contributed by atoms with Crippen LogP contribution in [-0.2, 0) is 21.2 Å². The van der Waals surface area contributed by atoms with Gasteiger partial charge in [-0.15, -0.1) is 0 Å². The van der Waals surface area contributed by atoms with Gasteiger partial charge in [-0.2, -0.15) is 4.31 Å². The summed E-state index contributed by atoms with van der Waals surface area (Å²) in [5.41, 5.74) is 2.10. The van der Waals surface area contributed by atoms with E-state index < -0.39 is 10.0 Å². The molecule has 0 bridgehead atoms. The van der Waals surface area contributed by atoms with Crippen LogP contribution in [-0.4, -0.2) is 43.2 Å². The van der Waals surface area contributed by atoms with E-state index in [1.165, 1.54) is 5.56 Å². The summed E-state index contributed by atoms with van der Waals surface area (Å²) in [7, 11) is -1.86. The van der Waals surface area contributed by atoms with Gasteiger partial charge in [0.2, 0.25) is 10.0 Å². The van der Waals surface area contributed by atoms with E-state index in [4.69, 9.17) is 4.74 Å². The standard InChI is InChI=1S/C17H28N2O3S/c1-13(2)11-19(23(20,21)12-14(3)22-4)16-9-5-7-15-8-6-10-18-17(15)16/h6,8,10,13-14,16H,5,7,9,11-12H2,1-4H3/t14-,16-/m0/s1. The van der Waals surface area contributed by atoms with E-state index in [1.807, 2.05) is 19.9 Å². The smallest absolute Gasteiger partial charge is 0.217 e. The highest BCUT2D eigenvalue weighted by Crippen LogP contribution is 2.35. The Morgan fingerprint density at radius 2 is 2.13 bits per heavy atom. The van der Waals surface area contributed by atoms with Gasteiger partial charge in [0.1, 0.15) is 0 Å². The molecular weight excluding hydrogens is 312 g/mol. The summed E-state index contributed by atoms with van der Waals surface area (Å²) in [5, 5.41) is 0.